The lowest BCUT2D eigenvalue weighted by atomic mass is 10.0. The van der Waals surface area contributed by atoms with Crippen LogP contribution in [0.1, 0.15) is 24.8 Å². The molecule has 0 aromatic heterocycles. The van der Waals surface area contributed by atoms with Gasteiger partial charge in [0, 0.05) is 19.6 Å². The molecule has 1 fully saturated rings. The Balaban J connectivity index is 1.91. The molecule has 0 saturated heterocycles. The second-order valence-electron chi connectivity index (χ2n) is 5.52. The number of benzene rings is 1. The Labute approximate surface area is 120 Å². The van der Waals surface area contributed by atoms with Gasteiger partial charge in [0.2, 0.25) is 5.91 Å². The summed E-state index contributed by atoms with van der Waals surface area (Å²) in [6.07, 6.45) is 3.77. The Morgan fingerprint density at radius 1 is 1.40 bits per heavy atom. The van der Waals surface area contributed by atoms with Gasteiger partial charge < -0.3 is 15.4 Å². The Kier molecular flexibility index (Phi) is 5.01. The summed E-state index contributed by atoms with van der Waals surface area (Å²) >= 11 is 0. The van der Waals surface area contributed by atoms with Gasteiger partial charge in [-0.05, 0) is 30.9 Å². The van der Waals surface area contributed by atoms with Gasteiger partial charge in [0.1, 0.15) is 5.75 Å². The summed E-state index contributed by atoms with van der Waals surface area (Å²) < 4.78 is 5.33. The van der Waals surface area contributed by atoms with E-state index in [1.165, 1.54) is 0 Å². The molecule has 4 nitrogen and oxygen atoms in total. The van der Waals surface area contributed by atoms with Crippen molar-refractivity contribution in [1.82, 2.24) is 4.90 Å². The van der Waals surface area contributed by atoms with Crippen molar-refractivity contribution < 1.29 is 9.53 Å². The van der Waals surface area contributed by atoms with E-state index in [1.54, 1.807) is 7.11 Å². The Bertz CT molecular complexity index is 462. The molecular formula is C16H24N2O2. The fourth-order valence-electron chi connectivity index (χ4n) is 2.89. The van der Waals surface area contributed by atoms with Crippen LogP contribution < -0.4 is 10.5 Å². The van der Waals surface area contributed by atoms with Crippen LogP contribution in [-0.2, 0) is 11.2 Å². The lowest BCUT2D eigenvalue weighted by Gasteiger charge is -2.23. The highest BCUT2D eigenvalue weighted by atomic mass is 16.5. The topological polar surface area (TPSA) is 55.6 Å². The van der Waals surface area contributed by atoms with Crippen molar-refractivity contribution in [3.05, 3.63) is 29.8 Å². The summed E-state index contributed by atoms with van der Waals surface area (Å²) in [5, 5.41) is 0. The van der Waals surface area contributed by atoms with Crippen LogP contribution in [0, 0.1) is 5.92 Å². The van der Waals surface area contributed by atoms with Crippen LogP contribution >= 0.6 is 0 Å². The molecule has 1 aliphatic carbocycles. The van der Waals surface area contributed by atoms with Crippen molar-refractivity contribution in [2.45, 2.75) is 31.7 Å². The molecule has 110 valence electrons. The summed E-state index contributed by atoms with van der Waals surface area (Å²) in [7, 11) is 3.54. The van der Waals surface area contributed by atoms with Crippen LogP contribution in [0.3, 0.4) is 0 Å². The molecule has 0 spiro atoms. The van der Waals surface area contributed by atoms with E-state index >= 15 is 0 Å². The third-order valence-electron chi connectivity index (χ3n) is 4.17. The molecule has 0 heterocycles. The molecule has 2 rings (SSSR count). The molecular weight excluding hydrogens is 252 g/mol. The SMILES string of the molecule is COc1ccccc1CCN(C)C(=O)[C@@H]1CCC[C@@H]1N. The molecule has 2 N–H and O–H groups in total. The minimum Gasteiger partial charge on any atom is -0.496 e. The van der Waals surface area contributed by atoms with Crippen LogP contribution in [0.2, 0.25) is 0 Å². The number of nitrogens with zero attached hydrogens (tertiary/aromatic N) is 1. The molecule has 0 bridgehead atoms. The fraction of sp³-hybridized carbons (Fsp3) is 0.562. The molecule has 1 aliphatic rings. The van der Waals surface area contributed by atoms with Gasteiger partial charge in [-0.2, -0.15) is 0 Å². The first kappa shape index (κ1) is 14.9. The molecule has 0 unspecified atom stereocenters. The van der Waals surface area contributed by atoms with Gasteiger partial charge in [0.05, 0.1) is 13.0 Å². The summed E-state index contributed by atoms with van der Waals surface area (Å²) in [4.78, 5) is 14.2. The number of carbonyl (C=O) groups is 1. The molecule has 2 atom stereocenters. The molecule has 1 aromatic carbocycles. The highest BCUT2D eigenvalue weighted by molar-refractivity contribution is 5.79. The first-order chi connectivity index (χ1) is 9.63. The van der Waals surface area contributed by atoms with Gasteiger partial charge in [0.25, 0.3) is 0 Å². The maximum atomic E-state index is 12.3. The van der Waals surface area contributed by atoms with Crippen LogP contribution in [0.4, 0.5) is 0 Å². The fourth-order valence-corrected chi connectivity index (χ4v) is 2.89. The summed E-state index contributed by atoms with van der Waals surface area (Å²) in [5.41, 5.74) is 7.13. The number of hydrogen-bond acceptors (Lipinski definition) is 3. The quantitative estimate of drug-likeness (QED) is 0.892. The van der Waals surface area contributed by atoms with E-state index in [2.05, 4.69) is 0 Å². The lowest BCUT2D eigenvalue weighted by Crippen LogP contribution is -2.40. The van der Waals surface area contributed by atoms with Crippen molar-refractivity contribution in [3.8, 4) is 5.75 Å². The molecule has 0 radical (unpaired) electrons. The third kappa shape index (κ3) is 3.31. The molecule has 1 saturated carbocycles. The highest BCUT2D eigenvalue weighted by Gasteiger charge is 2.31. The second kappa shape index (κ2) is 6.75. The number of rotatable bonds is 5. The van der Waals surface area contributed by atoms with Crippen molar-refractivity contribution in [3.63, 3.8) is 0 Å². The van der Waals surface area contributed by atoms with E-state index in [9.17, 15) is 4.79 Å². The van der Waals surface area contributed by atoms with Gasteiger partial charge in [-0.15, -0.1) is 0 Å². The van der Waals surface area contributed by atoms with Gasteiger partial charge in [-0.3, -0.25) is 4.79 Å². The zero-order valence-electron chi connectivity index (χ0n) is 12.3. The first-order valence-corrected chi connectivity index (χ1v) is 7.26. The van der Waals surface area contributed by atoms with Gasteiger partial charge in [-0.25, -0.2) is 0 Å². The average Bonchev–Trinajstić information content (AvgIpc) is 2.90. The van der Waals surface area contributed by atoms with Gasteiger partial charge in [0.15, 0.2) is 0 Å². The van der Waals surface area contributed by atoms with Crippen molar-refractivity contribution >= 4 is 5.91 Å². The number of carbonyl (C=O) groups excluding carboxylic acids is 1. The van der Waals surface area contributed by atoms with E-state index in [-0.39, 0.29) is 17.9 Å². The van der Waals surface area contributed by atoms with Gasteiger partial charge >= 0.3 is 0 Å². The molecule has 0 aliphatic heterocycles. The minimum absolute atomic E-state index is 0.0117. The number of amides is 1. The van der Waals surface area contributed by atoms with Crippen molar-refractivity contribution in [2.75, 3.05) is 20.7 Å². The van der Waals surface area contributed by atoms with Crippen LogP contribution in [0.15, 0.2) is 24.3 Å². The van der Waals surface area contributed by atoms with E-state index < -0.39 is 0 Å². The summed E-state index contributed by atoms with van der Waals surface area (Å²) in [6, 6.07) is 7.97. The number of hydrogen-bond donors (Lipinski definition) is 1. The number of para-hydroxylation sites is 1. The zero-order valence-corrected chi connectivity index (χ0v) is 12.3. The monoisotopic (exact) mass is 276 g/mol. The lowest BCUT2D eigenvalue weighted by molar-refractivity contribution is -0.134. The molecule has 1 aromatic rings. The minimum atomic E-state index is 0.0117. The number of ether oxygens (including phenoxy) is 1. The largest absolute Gasteiger partial charge is 0.496 e. The molecule has 20 heavy (non-hydrogen) atoms. The van der Waals surface area contributed by atoms with Crippen LogP contribution in [0.5, 0.6) is 5.75 Å². The van der Waals surface area contributed by atoms with Crippen molar-refractivity contribution in [1.29, 1.82) is 0 Å². The Morgan fingerprint density at radius 3 is 2.80 bits per heavy atom. The third-order valence-corrected chi connectivity index (χ3v) is 4.17. The standard InChI is InChI=1S/C16H24N2O2/c1-18(16(19)13-7-5-8-14(13)17)11-10-12-6-3-4-9-15(12)20-2/h3-4,6,9,13-14H,5,7-8,10-11,17H2,1-2H3/t13-,14+/m1/s1. The number of methoxy groups -OCH3 is 1. The molecule has 1 amide bonds. The summed E-state index contributed by atoms with van der Waals surface area (Å²) in [5.74, 6) is 1.08. The maximum Gasteiger partial charge on any atom is 0.226 e. The number of nitrogens with two attached hydrogens (primary N) is 1. The van der Waals surface area contributed by atoms with Crippen molar-refractivity contribution in [2.24, 2.45) is 11.7 Å². The predicted octanol–water partition coefficient (Wildman–Crippen LogP) is 1.82. The van der Waals surface area contributed by atoms with E-state index in [0.717, 1.165) is 37.0 Å². The van der Waals surface area contributed by atoms with Crippen LogP contribution in [0.25, 0.3) is 0 Å². The van der Waals surface area contributed by atoms with Gasteiger partial charge in [-0.1, -0.05) is 24.6 Å². The Morgan fingerprint density at radius 2 is 2.15 bits per heavy atom. The van der Waals surface area contributed by atoms with E-state index in [1.807, 2.05) is 36.2 Å². The normalized spacial score (nSPS) is 21.8. The molecule has 4 heteroatoms. The highest BCUT2D eigenvalue weighted by Crippen LogP contribution is 2.26. The van der Waals surface area contributed by atoms with E-state index in [0.29, 0.717) is 6.54 Å². The van der Waals surface area contributed by atoms with Crippen LogP contribution in [-0.4, -0.2) is 37.6 Å². The maximum absolute atomic E-state index is 12.3. The summed E-state index contributed by atoms with van der Waals surface area (Å²) in [6.45, 7) is 0.697. The predicted molar refractivity (Wildman–Crippen MR) is 79.7 cm³/mol. The number of likely N-dealkylation sites (N-methyl/N-ethyl adjacent to an activating group) is 1. The second-order valence-corrected chi connectivity index (χ2v) is 5.52. The smallest absolute Gasteiger partial charge is 0.226 e. The first-order valence-electron chi connectivity index (χ1n) is 7.26. The Hall–Kier alpha value is -1.55. The average molecular weight is 276 g/mol. The zero-order chi connectivity index (χ0) is 14.5. The van der Waals surface area contributed by atoms with E-state index in [4.69, 9.17) is 10.5 Å².